The van der Waals surface area contributed by atoms with E-state index in [9.17, 15) is 9.59 Å². The van der Waals surface area contributed by atoms with E-state index in [4.69, 9.17) is 9.72 Å². The fraction of sp³-hybridized carbons (Fsp3) is 0.281. The molecule has 3 heterocycles. The summed E-state index contributed by atoms with van der Waals surface area (Å²) in [7, 11) is 3.56. The van der Waals surface area contributed by atoms with Crippen LogP contribution < -0.4 is 15.0 Å². The lowest BCUT2D eigenvalue weighted by atomic mass is 10.1. The molecule has 0 aliphatic carbocycles. The highest BCUT2D eigenvalue weighted by Gasteiger charge is 2.23. The average molecular weight is 568 g/mol. The highest BCUT2D eigenvalue weighted by atomic mass is 32.1. The minimum absolute atomic E-state index is 0.0593. The third-order valence-corrected chi connectivity index (χ3v) is 8.80. The quantitative estimate of drug-likeness (QED) is 0.256. The lowest BCUT2D eigenvalue weighted by molar-refractivity contribution is 0.0952. The van der Waals surface area contributed by atoms with Crippen LogP contribution in [0.3, 0.4) is 0 Å². The molecule has 9 heteroatoms. The second-order valence-corrected chi connectivity index (χ2v) is 11.4. The van der Waals surface area contributed by atoms with Gasteiger partial charge in [0, 0.05) is 36.1 Å². The van der Waals surface area contributed by atoms with Gasteiger partial charge in [-0.25, -0.2) is 4.98 Å². The first kappa shape index (κ1) is 27.0. The third-order valence-electron chi connectivity index (χ3n) is 7.69. The Morgan fingerprint density at radius 3 is 2.66 bits per heavy atom. The van der Waals surface area contributed by atoms with Gasteiger partial charge in [-0.1, -0.05) is 18.2 Å². The predicted octanol–water partition coefficient (Wildman–Crippen LogP) is 5.47. The number of ether oxygens (including phenoxy) is 1. The van der Waals surface area contributed by atoms with E-state index in [2.05, 4.69) is 10.2 Å². The molecular weight excluding hydrogens is 534 g/mol. The molecule has 1 aliphatic heterocycles. The number of carbonyl (C=O) groups excluding carboxylic acids is 2. The maximum atomic E-state index is 14.0. The second kappa shape index (κ2) is 11.7. The van der Waals surface area contributed by atoms with Crippen molar-refractivity contribution in [1.82, 2.24) is 19.8 Å². The number of fused-ring (bicyclic) bond motifs is 2. The summed E-state index contributed by atoms with van der Waals surface area (Å²) in [5.74, 6) is 1.17. The Labute approximate surface area is 243 Å². The van der Waals surface area contributed by atoms with Gasteiger partial charge < -0.3 is 24.4 Å². The molecule has 2 amide bonds. The lowest BCUT2D eigenvalue weighted by Gasteiger charge is -2.23. The number of imidazole rings is 1. The summed E-state index contributed by atoms with van der Waals surface area (Å²) in [6, 6.07) is 22.9. The molecule has 0 atom stereocenters. The summed E-state index contributed by atoms with van der Waals surface area (Å²) < 4.78 is 8.40. The van der Waals surface area contributed by atoms with Crippen molar-refractivity contribution in [2.24, 2.45) is 7.05 Å². The molecule has 1 fully saturated rings. The Morgan fingerprint density at radius 2 is 1.85 bits per heavy atom. The fourth-order valence-corrected chi connectivity index (χ4v) is 6.36. The van der Waals surface area contributed by atoms with E-state index < -0.39 is 0 Å². The average Bonchev–Trinajstić information content (AvgIpc) is 3.75. The van der Waals surface area contributed by atoms with Gasteiger partial charge in [0.05, 0.1) is 29.6 Å². The Kier molecular flexibility index (Phi) is 7.71. The first-order valence-electron chi connectivity index (χ1n) is 13.9. The van der Waals surface area contributed by atoms with Crippen LogP contribution >= 0.6 is 11.3 Å². The number of aryl methyl sites for hydroxylation is 1. The van der Waals surface area contributed by atoms with E-state index in [1.165, 1.54) is 24.2 Å². The monoisotopic (exact) mass is 567 g/mol. The van der Waals surface area contributed by atoms with Gasteiger partial charge in [-0.15, -0.1) is 11.3 Å². The summed E-state index contributed by atoms with van der Waals surface area (Å²) in [6.45, 7) is 4.02. The van der Waals surface area contributed by atoms with E-state index in [0.717, 1.165) is 52.3 Å². The van der Waals surface area contributed by atoms with Crippen LogP contribution in [0.4, 0.5) is 5.69 Å². The second-order valence-electron chi connectivity index (χ2n) is 10.3. The molecule has 0 radical (unpaired) electrons. The zero-order chi connectivity index (χ0) is 28.3. The number of anilines is 1. The molecular formula is C32H33N5O3S. The van der Waals surface area contributed by atoms with Crippen molar-refractivity contribution in [3.8, 4) is 5.75 Å². The standard InChI is InChI=1S/C32H33N5O3S/c1-35-27-11-4-3-10-26(27)34-30(35)21-37(32(39)22-8-7-9-25(19-22)40-2)24-12-13-28-23(18-24)20-29(41-28)31(38)33-14-17-36-15-5-6-16-36/h3-4,7-13,18-20H,5-6,14-17,21H2,1-2H3,(H,33,38). The molecule has 0 bridgehead atoms. The number of likely N-dealkylation sites (tertiary alicyclic amines) is 1. The third kappa shape index (κ3) is 5.68. The molecule has 5 aromatic rings. The Balaban J connectivity index is 1.30. The van der Waals surface area contributed by atoms with E-state index in [0.29, 0.717) is 22.7 Å². The number of amides is 2. The Morgan fingerprint density at radius 1 is 1.02 bits per heavy atom. The molecule has 0 spiro atoms. The lowest BCUT2D eigenvalue weighted by Crippen LogP contribution is -2.33. The van der Waals surface area contributed by atoms with Crippen LogP contribution in [0.5, 0.6) is 5.75 Å². The van der Waals surface area contributed by atoms with Crippen LogP contribution in [0, 0.1) is 0 Å². The van der Waals surface area contributed by atoms with Crippen molar-refractivity contribution < 1.29 is 14.3 Å². The van der Waals surface area contributed by atoms with Crippen LogP contribution in [-0.4, -0.2) is 59.6 Å². The van der Waals surface area contributed by atoms with E-state index >= 15 is 0 Å². The van der Waals surface area contributed by atoms with Crippen molar-refractivity contribution in [3.05, 3.63) is 89.1 Å². The highest BCUT2D eigenvalue weighted by molar-refractivity contribution is 7.20. The number of methoxy groups -OCH3 is 1. The minimum atomic E-state index is -0.162. The number of para-hydroxylation sites is 2. The summed E-state index contributed by atoms with van der Waals surface area (Å²) >= 11 is 1.47. The van der Waals surface area contributed by atoms with Crippen molar-refractivity contribution in [2.45, 2.75) is 19.4 Å². The van der Waals surface area contributed by atoms with Crippen molar-refractivity contribution in [2.75, 3.05) is 38.2 Å². The summed E-state index contributed by atoms with van der Waals surface area (Å²) in [4.78, 5) is 36.5. The molecule has 8 nitrogen and oxygen atoms in total. The fourth-order valence-electron chi connectivity index (χ4n) is 5.40. The van der Waals surface area contributed by atoms with Crippen LogP contribution in [-0.2, 0) is 13.6 Å². The zero-order valence-corrected chi connectivity index (χ0v) is 24.1. The van der Waals surface area contributed by atoms with Gasteiger partial charge in [0.15, 0.2) is 0 Å². The van der Waals surface area contributed by atoms with E-state index in [-0.39, 0.29) is 18.4 Å². The first-order chi connectivity index (χ1) is 20.0. The number of rotatable bonds is 9. The van der Waals surface area contributed by atoms with Crippen LogP contribution in [0.25, 0.3) is 21.1 Å². The van der Waals surface area contributed by atoms with Gasteiger partial charge in [0.2, 0.25) is 0 Å². The smallest absolute Gasteiger partial charge is 0.261 e. The van der Waals surface area contributed by atoms with Gasteiger partial charge in [0.25, 0.3) is 11.8 Å². The first-order valence-corrected chi connectivity index (χ1v) is 14.7. The molecule has 6 rings (SSSR count). The number of aromatic nitrogens is 2. The van der Waals surface area contributed by atoms with Gasteiger partial charge in [-0.2, -0.15) is 0 Å². The SMILES string of the molecule is COc1cccc(C(=O)N(Cc2nc3ccccc3n2C)c2ccc3sc(C(=O)NCCN4CCCC4)cc3c2)c1. The summed E-state index contributed by atoms with van der Waals surface area (Å²) in [6.07, 6.45) is 2.47. The molecule has 210 valence electrons. The number of nitrogens with zero attached hydrogens (tertiary/aromatic N) is 4. The minimum Gasteiger partial charge on any atom is -0.497 e. The number of carbonyl (C=O) groups is 2. The number of benzene rings is 3. The summed E-state index contributed by atoms with van der Waals surface area (Å²) in [5, 5.41) is 3.99. The Bertz CT molecular complexity index is 1720. The normalized spacial score (nSPS) is 13.6. The van der Waals surface area contributed by atoms with Gasteiger partial charge >= 0.3 is 0 Å². The Hall–Kier alpha value is -4.21. The van der Waals surface area contributed by atoms with Gasteiger partial charge in [-0.05, 0) is 85.9 Å². The number of hydrogen-bond acceptors (Lipinski definition) is 6. The number of nitrogens with one attached hydrogen (secondary N) is 1. The van der Waals surface area contributed by atoms with Crippen molar-refractivity contribution >= 4 is 50.0 Å². The number of hydrogen-bond donors (Lipinski definition) is 1. The molecule has 1 N–H and O–H groups in total. The molecule has 1 aliphatic rings. The molecule has 0 saturated carbocycles. The van der Waals surface area contributed by atoms with Crippen LogP contribution in [0.2, 0.25) is 0 Å². The molecule has 41 heavy (non-hydrogen) atoms. The summed E-state index contributed by atoms with van der Waals surface area (Å²) in [5.41, 5.74) is 3.14. The van der Waals surface area contributed by atoms with Crippen molar-refractivity contribution in [3.63, 3.8) is 0 Å². The predicted molar refractivity (Wildman–Crippen MR) is 164 cm³/mol. The van der Waals surface area contributed by atoms with Crippen LogP contribution in [0.15, 0.2) is 72.8 Å². The van der Waals surface area contributed by atoms with E-state index in [1.807, 2.05) is 72.3 Å². The van der Waals surface area contributed by atoms with Gasteiger partial charge in [-0.3, -0.25) is 9.59 Å². The molecule has 0 unspecified atom stereocenters. The van der Waals surface area contributed by atoms with Gasteiger partial charge in [0.1, 0.15) is 11.6 Å². The highest BCUT2D eigenvalue weighted by Crippen LogP contribution is 2.31. The molecule has 2 aromatic heterocycles. The van der Waals surface area contributed by atoms with E-state index in [1.54, 1.807) is 24.1 Å². The maximum Gasteiger partial charge on any atom is 0.261 e. The largest absolute Gasteiger partial charge is 0.497 e. The number of thiophene rings is 1. The maximum absolute atomic E-state index is 14.0. The topological polar surface area (TPSA) is 79.7 Å². The van der Waals surface area contributed by atoms with Crippen LogP contribution in [0.1, 0.15) is 38.7 Å². The van der Waals surface area contributed by atoms with Crippen molar-refractivity contribution in [1.29, 1.82) is 0 Å². The molecule has 1 saturated heterocycles. The zero-order valence-electron chi connectivity index (χ0n) is 23.3. The molecule has 3 aromatic carbocycles.